The van der Waals surface area contributed by atoms with E-state index in [0.717, 1.165) is 58.2 Å². The monoisotopic (exact) mass is 492 g/mol. The van der Waals surface area contributed by atoms with Gasteiger partial charge in [-0.3, -0.25) is 9.80 Å². The summed E-state index contributed by atoms with van der Waals surface area (Å²) in [5, 5.41) is 2.15. The van der Waals surface area contributed by atoms with E-state index in [0.29, 0.717) is 5.56 Å². The smallest absolute Gasteiger partial charge is 0.342 e. The topological polar surface area (TPSA) is 48.9 Å². The van der Waals surface area contributed by atoms with Crippen LogP contribution in [0.5, 0.6) is 0 Å². The summed E-state index contributed by atoms with van der Waals surface area (Å²) in [5.41, 5.74) is 3.24. The van der Waals surface area contributed by atoms with E-state index in [-0.39, 0.29) is 12.1 Å². The van der Waals surface area contributed by atoms with Gasteiger partial charge in [0.05, 0.1) is 6.10 Å². The normalized spacial score (nSPS) is 14.6. The summed E-state index contributed by atoms with van der Waals surface area (Å²) in [5.74, 6) is 0.424. The molecule has 1 aromatic carbocycles. The predicted molar refractivity (Wildman–Crippen MR) is 143 cm³/mol. The van der Waals surface area contributed by atoms with Crippen LogP contribution in [0.2, 0.25) is 0 Å². The second kappa shape index (κ2) is 12.3. The lowest BCUT2D eigenvalue weighted by Gasteiger charge is -2.36. The molecule has 0 spiro atoms. The van der Waals surface area contributed by atoms with Crippen LogP contribution >= 0.6 is 11.3 Å². The molecule has 0 unspecified atom stereocenters. The lowest BCUT2D eigenvalue weighted by atomic mass is 10.1. The van der Waals surface area contributed by atoms with Crippen LogP contribution in [-0.4, -0.2) is 59.6 Å². The molecule has 3 aromatic rings. The number of esters is 1. The molecule has 0 amide bonds. The Labute approximate surface area is 213 Å². The van der Waals surface area contributed by atoms with Gasteiger partial charge in [-0.2, -0.15) is 0 Å². The van der Waals surface area contributed by atoms with Crippen LogP contribution < -0.4 is 4.90 Å². The largest absolute Gasteiger partial charge is 0.459 e. The number of benzene rings is 1. The molecule has 0 aliphatic carbocycles. The first-order valence-corrected chi connectivity index (χ1v) is 13.4. The van der Waals surface area contributed by atoms with Crippen molar-refractivity contribution in [1.82, 2.24) is 14.8 Å². The number of anilines is 1. The third-order valence-corrected chi connectivity index (χ3v) is 7.12. The van der Waals surface area contributed by atoms with Crippen LogP contribution in [0.1, 0.15) is 47.1 Å². The molecule has 2 aromatic heterocycles. The average Bonchev–Trinajstić information content (AvgIpc) is 3.38. The summed E-state index contributed by atoms with van der Waals surface area (Å²) in [7, 11) is 0. The van der Waals surface area contributed by atoms with Gasteiger partial charge in [0.15, 0.2) is 0 Å². The van der Waals surface area contributed by atoms with E-state index in [9.17, 15) is 4.79 Å². The third kappa shape index (κ3) is 7.13. The van der Waals surface area contributed by atoms with Crippen LogP contribution in [-0.2, 0) is 24.4 Å². The van der Waals surface area contributed by atoms with Gasteiger partial charge in [-0.1, -0.05) is 37.3 Å². The van der Waals surface area contributed by atoms with E-state index < -0.39 is 0 Å². The van der Waals surface area contributed by atoms with Crippen LogP contribution in [0.15, 0.2) is 60.1 Å². The summed E-state index contributed by atoms with van der Waals surface area (Å²) >= 11 is 1.82. The van der Waals surface area contributed by atoms with E-state index in [2.05, 4.69) is 68.4 Å². The van der Waals surface area contributed by atoms with Crippen LogP contribution in [0.3, 0.4) is 0 Å². The maximum absolute atomic E-state index is 12.5. The zero-order valence-corrected chi connectivity index (χ0v) is 21.8. The first kappa shape index (κ1) is 25.4. The number of pyridine rings is 1. The van der Waals surface area contributed by atoms with E-state index >= 15 is 0 Å². The molecule has 3 heterocycles. The molecule has 1 aliphatic heterocycles. The predicted octanol–water partition coefficient (Wildman–Crippen LogP) is 5.05. The minimum Gasteiger partial charge on any atom is -0.459 e. The second-order valence-corrected chi connectivity index (χ2v) is 10.3. The highest BCUT2D eigenvalue weighted by Crippen LogP contribution is 2.21. The summed E-state index contributed by atoms with van der Waals surface area (Å²) < 4.78 is 5.42. The lowest BCUT2D eigenvalue weighted by molar-refractivity contribution is 0.0378. The summed E-state index contributed by atoms with van der Waals surface area (Å²) in [6, 6.07) is 17.0. The number of thiophene rings is 1. The Balaban J connectivity index is 1.29. The van der Waals surface area contributed by atoms with Crippen molar-refractivity contribution in [3.05, 3.63) is 81.7 Å². The van der Waals surface area contributed by atoms with Crippen molar-refractivity contribution in [3.8, 4) is 0 Å². The maximum Gasteiger partial charge on any atom is 0.342 e. The van der Waals surface area contributed by atoms with Crippen LogP contribution in [0.25, 0.3) is 0 Å². The molecule has 1 aliphatic rings. The molecule has 0 radical (unpaired) electrons. The number of nitrogens with zero attached hydrogens (tertiary/aromatic N) is 4. The Morgan fingerprint density at radius 1 is 1.03 bits per heavy atom. The summed E-state index contributed by atoms with van der Waals surface area (Å²) in [6.07, 6.45) is 1.60. The summed E-state index contributed by atoms with van der Waals surface area (Å²) in [6.45, 7) is 13.4. The number of rotatable bonds is 10. The van der Waals surface area contributed by atoms with E-state index in [1.54, 1.807) is 18.3 Å². The number of piperazine rings is 1. The highest BCUT2D eigenvalue weighted by Gasteiger charge is 2.23. The average molecular weight is 493 g/mol. The van der Waals surface area contributed by atoms with Crippen molar-refractivity contribution in [1.29, 1.82) is 0 Å². The van der Waals surface area contributed by atoms with Gasteiger partial charge >= 0.3 is 5.97 Å². The van der Waals surface area contributed by atoms with Gasteiger partial charge in [-0.15, -0.1) is 11.3 Å². The van der Waals surface area contributed by atoms with Crippen molar-refractivity contribution in [2.75, 3.05) is 37.6 Å². The lowest BCUT2D eigenvalue weighted by Crippen LogP contribution is -2.46. The van der Waals surface area contributed by atoms with Crippen molar-refractivity contribution >= 4 is 23.1 Å². The quantitative estimate of drug-likeness (QED) is 0.369. The molecule has 6 nitrogen and oxygen atoms in total. The molecular formula is C28H36N4O2S. The molecule has 4 rings (SSSR count). The van der Waals surface area contributed by atoms with Crippen molar-refractivity contribution in [2.24, 2.45) is 0 Å². The van der Waals surface area contributed by atoms with Gasteiger partial charge in [0.1, 0.15) is 11.4 Å². The highest BCUT2D eigenvalue weighted by molar-refractivity contribution is 7.09. The van der Waals surface area contributed by atoms with Crippen molar-refractivity contribution in [2.45, 2.75) is 46.5 Å². The number of aromatic nitrogens is 1. The fraction of sp³-hybridized carbons (Fsp3) is 0.429. The SMILES string of the molecule is CCN(Cc1ccc(CN2CCN(c3ncccc3C(=O)OC(C)C)CC2)cc1)Cc1cccs1. The zero-order chi connectivity index (χ0) is 24.6. The van der Waals surface area contributed by atoms with Gasteiger partial charge in [-0.25, -0.2) is 9.78 Å². The number of carbonyl (C=O) groups excluding carboxylic acids is 1. The maximum atomic E-state index is 12.5. The number of hydrogen-bond donors (Lipinski definition) is 0. The van der Waals surface area contributed by atoms with Gasteiger partial charge in [0.25, 0.3) is 0 Å². The minimum absolute atomic E-state index is 0.148. The van der Waals surface area contributed by atoms with Crippen molar-refractivity contribution in [3.63, 3.8) is 0 Å². The van der Waals surface area contributed by atoms with Gasteiger partial charge in [0.2, 0.25) is 0 Å². The standard InChI is InChI=1S/C28H36N4O2S/c1-4-30(21-25-7-6-18-35-25)19-23-9-11-24(12-10-23)20-31-14-16-32(17-15-31)27-26(8-5-13-29-27)28(33)34-22(2)3/h5-13,18,22H,4,14-17,19-21H2,1-3H3. The molecule has 186 valence electrons. The first-order valence-electron chi connectivity index (χ1n) is 12.5. The molecule has 0 N–H and O–H groups in total. The highest BCUT2D eigenvalue weighted by atomic mass is 32.1. The second-order valence-electron chi connectivity index (χ2n) is 9.29. The molecule has 1 saturated heterocycles. The molecule has 7 heteroatoms. The minimum atomic E-state index is -0.303. The zero-order valence-electron chi connectivity index (χ0n) is 21.0. The summed E-state index contributed by atoms with van der Waals surface area (Å²) in [4.78, 5) is 25.6. The molecule has 0 bridgehead atoms. The Bertz CT molecular complexity index is 1060. The number of hydrogen-bond acceptors (Lipinski definition) is 7. The fourth-order valence-electron chi connectivity index (χ4n) is 4.37. The van der Waals surface area contributed by atoms with Crippen LogP contribution in [0, 0.1) is 0 Å². The third-order valence-electron chi connectivity index (χ3n) is 6.26. The van der Waals surface area contributed by atoms with E-state index in [1.165, 1.54) is 16.0 Å². The molecule has 0 atom stereocenters. The Kier molecular flexibility index (Phi) is 8.90. The molecule has 35 heavy (non-hydrogen) atoms. The van der Waals surface area contributed by atoms with Gasteiger partial charge in [-0.05, 0) is 55.1 Å². The molecule has 0 saturated carbocycles. The Morgan fingerprint density at radius 2 is 1.77 bits per heavy atom. The molecule has 1 fully saturated rings. The number of ether oxygens (including phenoxy) is 1. The Hall–Kier alpha value is -2.74. The van der Waals surface area contributed by atoms with E-state index in [1.807, 2.05) is 25.2 Å². The fourth-order valence-corrected chi connectivity index (χ4v) is 5.12. The van der Waals surface area contributed by atoms with Crippen molar-refractivity contribution < 1.29 is 9.53 Å². The Morgan fingerprint density at radius 3 is 2.43 bits per heavy atom. The first-order chi connectivity index (χ1) is 17.0. The van der Waals surface area contributed by atoms with Crippen LogP contribution in [0.4, 0.5) is 5.82 Å². The van der Waals surface area contributed by atoms with Gasteiger partial charge in [0, 0.05) is 56.9 Å². The molecular weight excluding hydrogens is 456 g/mol. The van der Waals surface area contributed by atoms with E-state index in [4.69, 9.17) is 4.74 Å². The number of carbonyl (C=O) groups is 1. The van der Waals surface area contributed by atoms with Gasteiger partial charge < -0.3 is 9.64 Å².